The van der Waals surface area contributed by atoms with Crippen molar-refractivity contribution in [2.75, 3.05) is 6.54 Å². The summed E-state index contributed by atoms with van der Waals surface area (Å²) in [6.07, 6.45) is 2.33. The summed E-state index contributed by atoms with van der Waals surface area (Å²) >= 11 is 0. The van der Waals surface area contributed by atoms with Crippen molar-refractivity contribution >= 4 is 5.91 Å². The van der Waals surface area contributed by atoms with E-state index < -0.39 is 0 Å². The number of aromatic hydroxyl groups is 1. The maximum atomic E-state index is 12.8. The zero-order valence-electron chi connectivity index (χ0n) is 15.1. The Labute approximate surface area is 148 Å². The second-order valence-electron chi connectivity index (χ2n) is 7.07. The number of aromatic nitrogens is 3. The van der Waals surface area contributed by atoms with E-state index in [2.05, 4.69) is 28.6 Å². The molecular formula is C19H26N4O2. The number of hydrogen-bond acceptors (Lipinski definition) is 4. The van der Waals surface area contributed by atoms with E-state index >= 15 is 0 Å². The molecule has 0 fully saturated rings. The molecule has 0 saturated heterocycles. The summed E-state index contributed by atoms with van der Waals surface area (Å²) < 4.78 is 2.06. The summed E-state index contributed by atoms with van der Waals surface area (Å²) in [5.74, 6) is 2.62. The lowest BCUT2D eigenvalue weighted by atomic mass is 10.00. The highest BCUT2D eigenvalue weighted by Gasteiger charge is 2.35. The topological polar surface area (TPSA) is 71.2 Å². The third-order valence-corrected chi connectivity index (χ3v) is 4.73. The first-order valence-electron chi connectivity index (χ1n) is 8.99. The van der Waals surface area contributed by atoms with Gasteiger partial charge in [0.1, 0.15) is 17.6 Å². The number of nitrogens with zero attached hydrogens (tertiary/aromatic N) is 4. The van der Waals surface area contributed by atoms with Crippen LogP contribution in [0.2, 0.25) is 0 Å². The lowest BCUT2D eigenvalue weighted by Crippen LogP contribution is -2.43. The van der Waals surface area contributed by atoms with Crippen molar-refractivity contribution in [3.05, 3.63) is 41.5 Å². The molecule has 1 N–H and O–H groups in total. The van der Waals surface area contributed by atoms with Gasteiger partial charge in [0.25, 0.3) is 0 Å². The SMILES string of the molecule is CCN1Cc2nnc(CCc3ccc(O)cc3)n2[C@@H](CC(C)C)C1=O. The standard InChI is InChI=1S/C19H26N4O2/c1-4-22-12-18-21-20-17(10-7-14-5-8-15(24)9-6-14)23(18)16(19(22)25)11-13(2)3/h5-6,8-9,13,16,24H,4,7,10-12H2,1-3H3/t16-/m0/s1. The molecule has 1 aromatic carbocycles. The fourth-order valence-electron chi connectivity index (χ4n) is 3.41. The number of rotatable bonds is 6. The van der Waals surface area contributed by atoms with Crippen molar-refractivity contribution < 1.29 is 9.90 Å². The number of hydrogen-bond donors (Lipinski definition) is 1. The minimum absolute atomic E-state index is 0.175. The third kappa shape index (κ3) is 3.67. The zero-order valence-corrected chi connectivity index (χ0v) is 15.1. The summed E-state index contributed by atoms with van der Waals surface area (Å²) in [5, 5.41) is 18.1. The molecule has 1 aromatic heterocycles. The Hall–Kier alpha value is -2.37. The first-order valence-corrected chi connectivity index (χ1v) is 8.99. The molecule has 1 atom stereocenters. The monoisotopic (exact) mass is 342 g/mol. The number of aryl methyl sites for hydroxylation is 2. The second kappa shape index (κ2) is 7.25. The molecule has 0 unspecified atom stereocenters. The van der Waals surface area contributed by atoms with Crippen molar-refractivity contribution in [2.24, 2.45) is 5.92 Å². The minimum Gasteiger partial charge on any atom is -0.508 e. The molecule has 0 spiro atoms. The van der Waals surface area contributed by atoms with Crippen molar-refractivity contribution in [1.29, 1.82) is 0 Å². The molecule has 25 heavy (non-hydrogen) atoms. The van der Waals surface area contributed by atoms with Gasteiger partial charge in [-0.2, -0.15) is 0 Å². The van der Waals surface area contributed by atoms with Crippen LogP contribution in [0.4, 0.5) is 0 Å². The summed E-state index contributed by atoms with van der Waals surface area (Å²) in [6.45, 7) is 7.51. The first-order chi connectivity index (χ1) is 12.0. The highest BCUT2D eigenvalue weighted by Crippen LogP contribution is 2.28. The van der Waals surface area contributed by atoms with Crippen LogP contribution in [0, 0.1) is 5.92 Å². The van der Waals surface area contributed by atoms with Gasteiger partial charge in [-0.05, 0) is 43.4 Å². The smallest absolute Gasteiger partial charge is 0.246 e. The Kier molecular flexibility index (Phi) is 5.06. The van der Waals surface area contributed by atoms with Gasteiger partial charge in [0, 0.05) is 13.0 Å². The van der Waals surface area contributed by atoms with Gasteiger partial charge < -0.3 is 14.6 Å². The molecule has 0 aliphatic carbocycles. The molecule has 0 bridgehead atoms. The zero-order chi connectivity index (χ0) is 18.0. The molecule has 1 aliphatic rings. The Morgan fingerprint density at radius 2 is 1.92 bits per heavy atom. The molecule has 2 heterocycles. The predicted octanol–water partition coefficient (Wildman–Crippen LogP) is 2.72. The lowest BCUT2D eigenvalue weighted by molar-refractivity contribution is -0.137. The van der Waals surface area contributed by atoms with Gasteiger partial charge in [0.05, 0.1) is 6.54 Å². The highest BCUT2D eigenvalue weighted by molar-refractivity contribution is 5.81. The fourth-order valence-corrected chi connectivity index (χ4v) is 3.41. The predicted molar refractivity (Wildman–Crippen MR) is 95.1 cm³/mol. The van der Waals surface area contributed by atoms with Crippen LogP contribution < -0.4 is 0 Å². The van der Waals surface area contributed by atoms with Crippen molar-refractivity contribution in [3.63, 3.8) is 0 Å². The van der Waals surface area contributed by atoms with Crippen molar-refractivity contribution in [1.82, 2.24) is 19.7 Å². The molecule has 134 valence electrons. The summed E-state index contributed by atoms with van der Waals surface area (Å²) in [6, 6.07) is 7.02. The Balaban J connectivity index is 1.84. The molecule has 6 heteroatoms. The van der Waals surface area contributed by atoms with Gasteiger partial charge in [-0.3, -0.25) is 4.79 Å². The number of carbonyl (C=O) groups excluding carboxylic acids is 1. The van der Waals surface area contributed by atoms with E-state index in [0.717, 1.165) is 36.5 Å². The maximum absolute atomic E-state index is 12.8. The van der Waals surface area contributed by atoms with Crippen LogP contribution in [-0.2, 0) is 24.2 Å². The molecule has 3 rings (SSSR count). The van der Waals surface area contributed by atoms with Gasteiger partial charge in [0.15, 0.2) is 5.82 Å². The second-order valence-corrected chi connectivity index (χ2v) is 7.07. The van der Waals surface area contributed by atoms with Crippen LogP contribution in [0.25, 0.3) is 0 Å². The van der Waals surface area contributed by atoms with Gasteiger partial charge in [-0.15, -0.1) is 10.2 Å². The van der Waals surface area contributed by atoms with Crippen LogP contribution in [0.5, 0.6) is 5.75 Å². The largest absolute Gasteiger partial charge is 0.508 e. The van der Waals surface area contributed by atoms with Gasteiger partial charge in [-0.1, -0.05) is 26.0 Å². The molecule has 0 saturated carbocycles. The molecule has 1 amide bonds. The van der Waals surface area contributed by atoms with Gasteiger partial charge in [0.2, 0.25) is 5.91 Å². The van der Waals surface area contributed by atoms with Crippen LogP contribution in [0.1, 0.15) is 50.4 Å². The van der Waals surface area contributed by atoms with Gasteiger partial charge >= 0.3 is 0 Å². The summed E-state index contributed by atoms with van der Waals surface area (Å²) in [4.78, 5) is 14.7. The third-order valence-electron chi connectivity index (χ3n) is 4.73. The van der Waals surface area contributed by atoms with E-state index in [4.69, 9.17) is 0 Å². The molecule has 0 radical (unpaired) electrons. The Morgan fingerprint density at radius 1 is 1.20 bits per heavy atom. The number of amides is 1. The molecular weight excluding hydrogens is 316 g/mol. The normalized spacial score (nSPS) is 17.2. The first kappa shape index (κ1) is 17.5. The summed E-state index contributed by atoms with van der Waals surface area (Å²) in [5.41, 5.74) is 1.13. The van der Waals surface area contributed by atoms with Crippen LogP contribution >= 0.6 is 0 Å². The fraction of sp³-hybridized carbons (Fsp3) is 0.526. The van der Waals surface area contributed by atoms with Crippen molar-refractivity contribution in [2.45, 2.75) is 52.6 Å². The Bertz CT molecular complexity index is 736. The van der Waals surface area contributed by atoms with Crippen LogP contribution in [0.3, 0.4) is 0 Å². The molecule has 1 aliphatic heterocycles. The van der Waals surface area contributed by atoms with E-state index in [-0.39, 0.29) is 17.7 Å². The van der Waals surface area contributed by atoms with Crippen molar-refractivity contribution in [3.8, 4) is 5.75 Å². The Morgan fingerprint density at radius 3 is 2.56 bits per heavy atom. The summed E-state index contributed by atoms with van der Waals surface area (Å²) in [7, 11) is 0. The number of phenols is 1. The van der Waals surface area contributed by atoms with Crippen LogP contribution in [0.15, 0.2) is 24.3 Å². The average Bonchev–Trinajstić information content (AvgIpc) is 2.99. The molecule has 6 nitrogen and oxygen atoms in total. The lowest BCUT2D eigenvalue weighted by Gasteiger charge is -2.34. The van der Waals surface area contributed by atoms with E-state index in [1.54, 1.807) is 12.1 Å². The van der Waals surface area contributed by atoms with E-state index in [9.17, 15) is 9.90 Å². The number of likely N-dealkylation sites (N-methyl/N-ethyl adjacent to an activating group) is 1. The van der Waals surface area contributed by atoms with Crippen LogP contribution in [-0.4, -0.2) is 37.2 Å². The maximum Gasteiger partial charge on any atom is 0.246 e. The van der Waals surface area contributed by atoms with E-state index in [0.29, 0.717) is 19.0 Å². The average molecular weight is 342 g/mol. The number of phenolic OH excluding ortho intramolecular Hbond substituents is 1. The molecule has 2 aromatic rings. The van der Waals surface area contributed by atoms with E-state index in [1.165, 1.54) is 0 Å². The quantitative estimate of drug-likeness (QED) is 0.876. The number of fused-ring (bicyclic) bond motifs is 1. The number of carbonyl (C=O) groups is 1. The highest BCUT2D eigenvalue weighted by atomic mass is 16.3. The van der Waals surface area contributed by atoms with Gasteiger partial charge in [-0.25, -0.2) is 0 Å². The number of benzene rings is 1. The van der Waals surface area contributed by atoms with E-state index in [1.807, 2.05) is 24.0 Å². The minimum atomic E-state index is -0.200.